The number of carbonyl (C=O) groups excluding carboxylic acids is 2. The van der Waals surface area contributed by atoms with E-state index in [-0.39, 0.29) is 28.7 Å². The van der Waals surface area contributed by atoms with Crippen molar-refractivity contribution in [2.45, 2.75) is 31.2 Å². The summed E-state index contributed by atoms with van der Waals surface area (Å²) in [6.07, 6.45) is 6.36. The molecule has 5 N–H and O–H groups in total. The SMILES string of the molecule is C=CC(=O)Nc1ccc(OC)c(Nc2ncc(Cl)c(NC3(C(N)=O)CC4CCC3C4)n2)c1. The number of fused-ring (bicyclic) bond motifs is 2. The van der Waals surface area contributed by atoms with Crippen LogP contribution in [0, 0.1) is 11.8 Å². The maximum absolute atomic E-state index is 12.4. The summed E-state index contributed by atoms with van der Waals surface area (Å²) in [4.78, 5) is 32.8. The summed E-state index contributed by atoms with van der Waals surface area (Å²) in [7, 11) is 1.53. The number of nitrogens with two attached hydrogens (primary N) is 1. The van der Waals surface area contributed by atoms with Crippen molar-refractivity contribution in [1.29, 1.82) is 0 Å². The summed E-state index contributed by atoms with van der Waals surface area (Å²) < 4.78 is 5.39. The molecule has 2 aliphatic rings. The number of primary amides is 1. The van der Waals surface area contributed by atoms with Crippen molar-refractivity contribution in [1.82, 2.24) is 9.97 Å². The Morgan fingerprint density at radius 2 is 2.19 bits per heavy atom. The van der Waals surface area contributed by atoms with Gasteiger partial charge in [0.15, 0.2) is 5.82 Å². The molecular weight excluding hydrogens is 432 g/mol. The summed E-state index contributed by atoms with van der Waals surface area (Å²) >= 11 is 6.35. The Labute approximate surface area is 190 Å². The van der Waals surface area contributed by atoms with Crippen LogP contribution in [0.2, 0.25) is 5.02 Å². The van der Waals surface area contributed by atoms with Crippen LogP contribution in [0.5, 0.6) is 5.75 Å². The van der Waals surface area contributed by atoms with E-state index in [0.717, 1.165) is 19.3 Å². The number of methoxy groups -OCH3 is 1. The Hall–Kier alpha value is -3.33. The Morgan fingerprint density at radius 3 is 2.81 bits per heavy atom. The van der Waals surface area contributed by atoms with E-state index in [4.69, 9.17) is 22.1 Å². The molecule has 4 rings (SSSR count). The number of ether oxygens (including phenoxy) is 1. The number of benzene rings is 1. The lowest BCUT2D eigenvalue weighted by molar-refractivity contribution is -0.124. The molecular formula is C22H25ClN6O3. The number of nitrogens with zero attached hydrogens (tertiary/aromatic N) is 2. The minimum Gasteiger partial charge on any atom is -0.495 e. The quantitative estimate of drug-likeness (QED) is 0.447. The van der Waals surface area contributed by atoms with Gasteiger partial charge in [0.25, 0.3) is 0 Å². The fourth-order valence-corrected chi connectivity index (χ4v) is 4.91. The van der Waals surface area contributed by atoms with Crippen molar-refractivity contribution in [3.8, 4) is 5.75 Å². The predicted molar refractivity (Wildman–Crippen MR) is 123 cm³/mol. The van der Waals surface area contributed by atoms with Gasteiger partial charge in [0.05, 0.1) is 19.0 Å². The molecule has 2 fully saturated rings. The van der Waals surface area contributed by atoms with E-state index < -0.39 is 5.54 Å². The van der Waals surface area contributed by atoms with E-state index in [1.165, 1.54) is 19.4 Å². The number of carbonyl (C=O) groups is 2. The number of nitrogens with one attached hydrogen (secondary N) is 3. The van der Waals surface area contributed by atoms with E-state index in [0.29, 0.717) is 35.3 Å². The van der Waals surface area contributed by atoms with Crippen LogP contribution < -0.4 is 26.4 Å². The molecule has 3 unspecified atom stereocenters. The number of hydrogen-bond donors (Lipinski definition) is 4. The highest BCUT2D eigenvalue weighted by Crippen LogP contribution is 2.52. The van der Waals surface area contributed by atoms with Gasteiger partial charge >= 0.3 is 0 Å². The van der Waals surface area contributed by atoms with E-state index >= 15 is 0 Å². The predicted octanol–water partition coefficient (Wildman–Crippen LogP) is 3.46. The molecule has 0 saturated heterocycles. The number of aromatic nitrogens is 2. The zero-order valence-electron chi connectivity index (χ0n) is 17.7. The Kier molecular flexibility index (Phi) is 5.92. The van der Waals surface area contributed by atoms with Crippen LogP contribution in [0.15, 0.2) is 37.1 Å². The molecule has 32 heavy (non-hydrogen) atoms. The molecule has 10 heteroatoms. The van der Waals surface area contributed by atoms with Crippen LogP contribution in [-0.4, -0.2) is 34.4 Å². The minimum absolute atomic E-state index is 0.165. The molecule has 2 amide bonds. The largest absolute Gasteiger partial charge is 0.495 e. The Bertz CT molecular complexity index is 1080. The maximum Gasteiger partial charge on any atom is 0.247 e. The van der Waals surface area contributed by atoms with Crippen molar-refractivity contribution in [2.75, 3.05) is 23.1 Å². The number of halogens is 1. The van der Waals surface area contributed by atoms with Crippen LogP contribution in [0.1, 0.15) is 25.7 Å². The lowest BCUT2D eigenvalue weighted by atomic mass is 9.80. The molecule has 2 aliphatic carbocycles. The second kappa shape index (κ2) is 8.66. The third-order valence-electron chi connectivity index (χ3n) is 6.27. The van der Waals surface area contributed by atoms with Gasteiger partial charge in [0.1, 0.15) is 16.3 Å². The van der Waals surface area contributed by atoms with Gasteiger partial charge in [-0.2, -0.15) is 4.98 Å². The summed E-state index contributed by atoms with van der Waals surface area (Å²) in [6, 6.07) is 5.09. The van der Waals surface area contributed by atoms with E-state index in [1.54, 1.807) is 18.2 Å². The smallest absolute Gasteiger partial charge is 0.247 e. The number of rotatable bonds is 8. The van der Waals surface area contributed by atoms with Gasteiger partial charge in [-0.1, -0.05) is 18.2 Å². The molecule has 0 spiro atoms. The van der Waals surface area contributed by atoms with E-state index in [9.17, 15) is 9.59 Å². The fraction of sp³-hybridized carbons (Fsp3) is 0.364. The zero-order chi connectivity index (χ0) is 22.9. The maximum atomic E-state index is 12.4. The highest BCUT2D eigenvalue weighted by Gasteiger charge is 2.55. The number of hydrogen-bond acceptors (Lipinski definition) is 7. The summed E-state index contributed by atoms with van der Waals surface area (Å²) in [5.41, 5.74) is 6.04. The molecule has 0 aliphatic heterocycles. The first-order valence-corrected chi connectivity index (χ1v) is 10.7. The normalized spacial score (nSPS) is 23.4. The van der Waals surface area contributed by atoms with Gasteiger partial charge < -0.3 is 26.4 Å². The van der Waals surface area contributed by atoms with Crippen molar-refractivity contribution in [2.24, 2.45) is 17.6 Å². The molecule has 2 bridgehead atoms. The minimum atomic E-state index is -0.856. The Balaban J connectivity index is 1.61. The summed E-state index contributed by atoms with van der Waals surface area (Å²) in [5, 5.41) is 9.32. The molecule has 1 aromatic carbocycles. The van der Waals surface area contributed by atoms with Crippen LogP contribution in [0.25, 0.3) is 0 Å². The van der Waals surface area contributed by atoms with E-state index in [2.05, 4.69) is 32.5 Å². The zero-order valence-corrected chi connectivity index (χ0v) is 18.4. The molecule has 168 valence electrons. The van der Waals surface area contributed by atoms with Gasteiger partial charge in [-0.05, 0) is 61.8 Å². The van der Waals surface area contributed by atoms with Gasteiger partial charge in [-0.15, -0.1) is 0 Å². The lowest BCUT2D eigenvalue weighted by Crippen LogP contribution is -2.54. The standard InChI is InChI=1S/C22H25ClN6O3/c1-3-18(30)26-14-6-7-17(32-2)16(9-14)27-21-25-11-15(23)19(28-21)29-22(20(24)31)10-12-4-5-13(22)8-12/h3,6-7,9,11-13H,1,4-5,8,10H2,2H3,(H2,24,31)(H,26,30)(H2,25,27,28,29). The third-order valence-corrected chi connectivity index (χ3v) is 6.55. The van der Waals surface area contributed by atoms with Crippen LogP contribution in [0.3, 0.4) is 0 Å². The molecule has 2 aromatic rings. The lowest BCUT2D eigenvalue weighted by Gasteiger charge is -2.36. The molecule has 0 radical (unpaired) electrons. The monoisotopic (exact) mass is 456 g/mol. The highest BCUT2D eigenvalue weighted by atomic mass is 35.5. The molecule has 1 heterocycles. The average molecular weight is 457 g/mol. The van der Waals surface area contributed by atoms with Gasteiger partial charge in [-0.3, -0.25) is 9.59 Å². The van der Waals surface area contributed by atoms with Gasteiger partial charge in [0, 0.05) is 5.69 Å². The number of amides is 2. The van der Waals surface area contributed by atoms with Gasteiger partial charge in [0.2, 0.25) is 17.8 Å². The van der Waals surface area contributed by atoms with Crippen molar-refractivity contribution in [3.63, 3.8) is 0 Å². The van der Waals surface area contributed by atoms with Crippen molar-refractivity contribution >= 4 is 46.6 Å². The molecule has 2 saturated carbocycles. The Morgan fingerprint density at radius 1 is 1.38 bits per heavy atom. The van der Waals surface area contributed by atoms with Crippen LogP contribution >= 0.6 is 11.6 Å². The summed E-state index contributed by atoms with van der Waals surface area (Å²) in [5.74, 6) is 1.03. The van der Waals surface area contributed by atoms with Gasteiger partial charge in [-0.25, -0.2) is 4.98 Å². The topological polar surface area (TPSA) is 131 Å². The van der Waals surface area contributed by atoms with Crippen molar-refractivity contribution < 1.29 is 14.3 Å². The first-order valence-electron chi connectivity index (χ1n) is 10.3. The second-order valence-electron chi connectivity index (χ2n) is 8.16. The average Bonchev–Trinajstić information content (AvgIpc) is 3.38. The first kappa shape index (κ1) is 21.9. The first-order chi connectivity index (χ1) is 15.3. The molecule has 1 aromatic heterocycles. The van der Waals surface area contributed by atoms with Crippen LogP contribution in [-0.2, 0) is 9.59 Å². The third kappa shape index (κ3) is 4.08. The molecule has 3 atom stereocenters. The van der Waals surface area contributed by atoms with E-state index in [1.807, 2.05) is 0 Å². The fourth-order valence-electron chi connectivity index (χ4n) is 4.77. The van der Waals surface area contributed by atoms with Crippen LogP contribution in [0.4, 0.5) is 23.1 Å². The highest BCUT2D eigenvalue weighted by molar-refractivity contribution is 6.32. The second-order valence-corrected chi connectivity index (χ2v) is 8.57. The molecule has 9 nitrogen and oxygen atoms in total. The number of anilines is 4. The van der Waals surface area contributed by atoms with Crippen molar-refractivity contribution in [3.05, 3.63) is 42.1 Å². The summed E-state index contributed by atoms with van der Waals surface area (Å²) in [6.45, 7) is 3.45.